The highest BCUT2D eigenvalue weighted by Crippen LogP contribution is 2.24. The molecule has 1 aliphatic rings. The van der Waals surface area contributed by atoms with Gasteiger partial charge in [-0.3, -0.25) is 14.7 Å². The molecule has 5 nitrogen and oxygen atoms in total. The van der Waals surface area contributed by atoms with E-state index in [2.05, 4.69) is 15.2 Å². The maximum Gasteiger partial charge on any atom is 0.258 e. The lowest BCUT2D eigenvalue weighted by Crippen LogP contribution is -2.44. The zero-order valence-corrected chi connectivity index (χ0v) is 14.5. The predicted molar refractivity (Wildman–Crippen MR) is 92.9 cm³/mol. The first-order valence-electron chi connectivity index (χ1n) is 8.52. The van der Waals surface area contributed by atoms with E-state index in [0.717, 1.165) is 38.5 Å². The Kier molecular flexibility index (Phi) is 5.78. The number of amides is 1. The number of nitrogens with one attached hydrogen (secondary N) is 1. The second-order valence-corrected chi connectivity index (χ2v) is 6.32. The zero-order valence-electron chi connectivity index (χ0n) is 14.5. The number of rotatable bonds is 5. The lowest BCUT2D eigenvalue weighted by molar-refractivity contribution is 0.0900. The van der Waals surface area contributed by atoms with Crippen molar-refractivity contribution >= 4 is 5.91 Å². The summed E-state index contributed by atoms with van der Waals surface area (Å²) in [5, 5.41) is 2.80. The zero-order chi connectivity index (χ0) is 18.5. The van der Waals surface area contributed by atoms with Gasteiger partial charge in [-0.15, -0.1) is 0 Å². The number of hydrogen-bond acceptors (Lipinski definition) is 4. The Bertz CT molecular complexity index is 763. The van der Waals surface area contributed by atoms with E-state index in [1.165, 1.54) is 18.7 Å². The minimum atomic E-state index is -1.18. The number of ether oxygens (including phenoxy) is 1. The summed E-state index contributed by atoms with van der Waals surface area (Å²) in [5.74, 6) is -2.87. The molecule has 0 radical (unpaired) electrons. The monoisotopic (exact) mass is 361 g/mol. The summed E-state index contributed by atoms with van der Waals surface area (Å²) in [4.78, 5) is 18.7. The van der Waals surface area contributed by atoms with Gasteiger partial charge in [-0.25, -0.2) is 8.78 Å². The van der Waals surface area contributed by atoms with Crippen LogP contribution in [0.15, 0.2) is 36.7 Å². The minimum Gasteiger partial charge on any atom is -0.496 e. The van der Waals surface area contributed by atoms with Crippen LogP contribution in [-0.2, 0) is 6.54 Å². The average Bonchev–Trinajstić information content (AvgIpc) is 2.66. The molecule has 1 N–H and O–H groups in total. The number of piperidine rings is 1. The van der Waals surface area contributed by atoms with Gasteiger partial charge in [0.05, 0.1) is 7.11 Å². The van der Waals surface area contributed by atoms with Gasteiger partial charge in [0.2, 0.25) is 0 Å². The van der Waals surface area contributed by atoms with E-state index in [-0.39, 0.29) is 17.4 Å². The van der Waals surface area contributed by atoms with Crippen molar-refractivity contribution in [3.8, 4) is 5.75 Å². The van der Waals surface area contributed by atoms with Crippen LogP contribution in [0.3, 0.4) is 0 Å². The summed E-state index contributed by atoms with van der Waals surface area (Å²) in [6.07, 6.45) is 5.03. The Hall–Kier alpha value is -2.54. The molecule has 138 valence electrons. The number of benzene rings is 1. The fourth-order valence-corrected chi connectivity index (χ4v) is 3.15. The number of pyridine rings is 1. The summed E-state index contributed by atoms with van der Waals surface area (Å²) in [5.41, 5.74) is 0.806. The molecule has 3 rings (SSSR count). The number of halogens is 2. The summed E-state index contributed by atoms with van der Waals surface area (Å²) < 4.78 is 32.5. The van der Waals surface area contributed by atoms with Crippen LogP contribution in [-0.4, -0.2) is 42.0 Å². The molecule has 0 saturated carbocycles. The maximum atomic E-state index is 14.0. The highest BCUT2D eigenvalue weighted by Gasteiger charge is 2.25. The Balaban J connectivity index is 1.58. The van der Waals surface area contributed by atoms with E-state index in [1.54, 1.807) is 12.4 Å². The number of aromatic nitrogens is 1. The fourth-order valence-electron chi connectivity index (χ4n) is 3.15. The van der Waals surface area contributed by atoms with Gasteiger partial charge in [-0.2, -0.15) is 0 Å². The predicted octanol–water partition coefficient (Wildman–Crippen LogP) is 2.76. The lowest BCUT2D eigenvalue weighted by atomic mass is 10.0. The molecule has 1 aliphatic heterocycles. The fraction of sp³-hybridized carbons (Fsp3) is 0.368. The van der Waals surface area contributed by atoms with Gasteiger partial charge in [0.1, 0.15) is 11.3 Å². The Morgan fingerprint density at radius 1 is 1.23 bits per heavy atom. The first-order valence-corrected chi connectivity index (χ1v) is 8.52. The minimum absolute atomic E-state index is 0.0246. The molecule has 0 spiro atoms. The number of likely N-dealkylation sites (tertiary alicyclic amines) is 1. The van der Waals surface area contributed by atoms with Crippen molar-refractivity contribution in [3.63, 3.8) is 0 Å². The largest absolute Gasteiger partial charge is 0.496 e. The van der Waals surface area contributed by atoms with Crippen molar-refractivity contribution in [2.45, 2.75) is 25.4 Å². The molecule has 1 fully saturated rings. The maximum absolute atomic E-state index is 14.0. The number of carbonyl (C=O) groups excluding carboxylic acids is 1. The molecule has 1 aromatic heterocycles. The summed E-state index contributed by atoms with van der Waals surface area (Å²) in [7, 11) is 1.32. The molecule has 7 heteroatoms. The first kappa shape index (κ1) is 18.3. The van der Waals surface area contributed by atoms with E-state index >= 15 is 0 Å². The average molecular weight is 361 g/mol. The van der Waals surface area contributed by atoms with Crippen LogP contribution in [0.4, 0.5) is 8.78 Å². The van der Waals surface area contributed by atoms with Gasteiger partial charge in [0.15, 0.2) is 11.6 Å². The quantitative estimate of drug-likeness (QED) is 0.890. The third-order valence-corrected chi connectivity index (χ3v) is 4.58. The van der Waals surface area contributed by atoms with Crippen LogP contribution >= 0.6 is 0 Å². The second kappa shape index (κ2) is 8.23. The number of nitrogens with zero attached hydrogens (tertiary/aromatic N) is 2. The first-order chi connectivity index (χ1) is 12.6. The standard InChI is InChI=1S/C19H21F2N3O2/c1-26-16-3-2-15(20)18(21)17(16)19(25)23-14-6-10-24(11-7-14)12-13-4-8-22-9-5-13/h2-5,8-9,14H,6-7,10-12H2,1H3,(H,23,25). The van der Waals surface area contributed by atoms with Crippen LogP contribution in [0, 0.1) is 11.6 Å². The van der Waals surface area contributed by atoms with Crippen LogP contribution in [0.25, 0.3) is 0 Å². The van der Waals surface area contributed by atoms with Gasteiger partial charge >= 0.3 is 0 Å². The summed E-state index contributed by atoms with van der Waals surface area (Å²) >= 11 is 0. The molecule has 0 bridgehead atoms. The van der Waals surface area contributed by atoms with Crippen molar-refractivity contribution in [3.05, 3.63) is 59.4 Å². The van der Waals surface area contributed by atoms with E-state index in [4.69, 9.17) is 4.74 Å². The molecule has 1 amide bonds. The van der Waals surface area contributed by atoms with Crippen molar-refractivity contribution in [1.82, 2.24) is 15.2 Å². The van der Waals surface area contributed by atoms with Gasteiger partial charge in [0.25, 0.3) is 5.91 Å². The molecular weight excluding hydrogens is 340 g/mol. The number of hydrogen-bond donors (Lipinski definition) is 1. The number of methoxy groups -OCH3 is 1. The smallest absolute Gasteiger partial charge is 0.258 e. The van der Waals surface area contributed by atoms with Crippen LogP contribution in [0.5, 0.6) is 5.75 Å². The lowest BCUT2D eigenvalue weighted by Gasteiger charge is -2.32. The molecule has 0 unspecified atom stereocenters. The topological polar surface area (TPSA) is 54.5 Å². The normalized spacial score (nSPS) is 15.7. The SMILES string of the molecule is COc1ccc(F)c(F)c1C(=O)NC1CCN(Cc2ccncc2)CC1. The summed E-state index contributed by atoms with van der Waals surface area (Å²) in [6.45, 7) is 2.46. The highest BCUT2D eigenvalue weighted by atomic mass is 19.2. The van der Waals surface area contributed by atoms with Crippen molar-refractivity contribution < 1.29 is 18.3 Å². The van der Waals surface area contributed by atoms with Crippen molar-refractivity contribution in [1.29, 1.82) is 0 Å². The van der Waals surface area contributed by atoms with Crippen molar-refractivity contribution in [2.75, 3.05) is 20.2 Å². The van der Waals surface area contributed by atoms with Gasteiger partial charge in [0, 0.05) is 38.1 Å². The molecule has 1 aromatic carbocycles. The van der Waals surface area contributed by atoms with E-state index in [0.29, 0.717) is 0 Å². The van der Waals surface area contributed by atoms with Crippen LogP contribution in [0.2, 0.25) is 0 Å². The molecule has 26 heavy (non-hydrogen) atoms. The molecular formula is C19H21F2N3O2. The van der Waals surface area contributed by atoms with Crippen molar-refractivity contribution in [2.24, 2.45) is 0 Å². The Labute approximate surface area is 151 Å². The third kappa shape index (κ3) is 4.16. The third-order valence-electron chi connectivity index (χ3n) is 4.58. The molecule has 0 atom stereocenters. The molecule has 2 heterocycles. The van der Waals surface area contributed by atoms with Crippen LogP contribution < -0.4 is 10.1 Å². The number of carbonyl (C=O) groups is 1. The second-order valence-electron chi connectivity index (χ2n) is 6.32. The van der Waals surface area contributed by atoms with Gasteiger partial charge < -0.3 is 10.1 Å². The van der Waals surface area contributed by atoms with E-state index < -0.39 is 17.5 Å². The molecule has 1 saturated heterocycles. The van der Waals surface area contributed by atoms with Gasteiger partial charge in [-0.1, -0.05) is 0 Å². The highest BCUT2D eigenvalue weighted by molar-refractivity contribution is 5.97. The Morgan fingerprint density at radius 2 is 1.92 bits per heavy atom. The van der Waals surface area contributed by atoms with E-state index in [1.807, 2.05) is 12.1 Å². The Morgan fingerprint density at radius 3 is 2.58 bits per heavy atom. The van der Waals surface area contributed by atoms with Gasteiger partial charge in [-0.05, 0) is 42.7 Å². The molecule has 0 aliphatic carbocycles. The summed E-state index contributed by atoms with van der Waals surface area (Å²) in [6, 6.07) is 6.08. The van der Waals surface area contributed by atoms with E-state index in [9.17, 15) is 13.6 Å². The van der Waals surface area contributed by atoms with Crippen LogP contribution in [0.1, 0.15) is 28.8 Å². The molecule has 2 aromatic rings.